The fourth-order valence-corrected chi connectivity index (χ4v) is 2.31. The number of ether oxygens (including phenoxy) is 2. The van der Waals surface area contributed by atoms with Gasteiger partial charge in [-0.2, -0.15) is 0 Å². The molecule has 118 valence electrons. The fraction of sp³-hybridized carbons (Fsp3) is 0.647. The van der Waals surface area contributed by atoms with Gasteiger partial charge in [-0.1, -0.05) is 40.5 Å². The Hall–Kier alpha value is -1.58. The highest BCUT2D eigenvalue weighted by molar-refractivity contribution is 6.01. The van der Waals surface area contributed by atoms with Gasteiger partial charge < -0.3 is 9.47 Å². The lowest BCUT2D eigenvalue weighted by Gasteiger charge is -2.14. The summed E-state index contributed by atoms with van der Waals surface area (Å²) in [5.41, 5.74) is 0.953. The molecule has 1 unspecified atom stereocenters. The SMILES string of the molecule is CCC/C1=C(\CCC)C(=O)OC(CC)/C=C(/CC)OC1=O. The van der Waals surface area contributed by atoms with E-state index in [9.17, 15) is 9.59 Å². The molecule has 4 heteroatoms. The molecule has 0 aromatic rings. The van der Waals surface area contributed by atoms with Crippen LogP contribution in [0, 0.1) is 0 Å². The van der Waals surface area contributed by atoms with Crippen LogP contribution in [0.3, 0.4) is 0 Å². The first-order valence-electron chi connectivity index (χ1n) is 7.93. The molecule has 0 saturated heterocycles. The van der Waals surface area contributed by atoms with Crippen LogP contribution in [-0.2, 0) is 19.1 Å². The minimum Gasteiger partial charge on any atom is -0.455 e. The lowest BCUT2D eigenvalue weighted by atomic mass is 10.00. The van der Waals surface area contributed by atoms with Crippen molar-refractivity contribution < 1.29 is 19.1 Å². The van der Waals surface area contributed by atoms with Crippen molar-refractivity contribution in [2.75, 3.05) is 0 Å². The maximum absolute atomic E-state index is 12.4. The second-order valence-corrected chi connectivity index (χ2v) is 5.19. The van der Waals surface area contributed by atoms with Crippen molar-refractivity contribution in [2.45, 2.75) is 72.3 Å². The van der Waals surface area contributed by atoms with Crippen LogP contribution in [-0.4, -0.2) is 18.0 Å². The van der Waals surface area contributed by atoms with Crippen LogP contribution in [0.1, 0.15) is 66.2 Å². The summed E-state index contributed by atoms with van der Waals surface area (Å²) in [4.78, 5) is 24.8. The van der Waals surface area contributed by atoms with Crippen molar-refractivity contribution in [2.24, 2.45) is 0 Å². The Labute approximate surface area is 127 Å². The number of carbonyl (C=O) groups is 2. The Morgan fingerprint density at radius 2 is 1.52 bits per heavy atom. The van der Waals surface area contributed by atoms with Crippen LogP contribution >= 0.6 is 0 Å². The molecule has 1 aliphatic heterocycles. The van der Waals surface area contributed by atoms with E-state index >= 15 is 0 Å². The van der Waals surface area contributed by atoms with Gasteiger partial charge in [0.25, 0.3) is 0 Å². The summed E-state index contributed by atoms with van der Waals surface area (Å²) in [6, 6.07) is 0. The van der Waals surface area contributed by atoms with Crippen molar-refractivity contribution in [1.29, 1.82) is 0 Å². The van der Waals surface area contributed by atoms with Gasteiger partial charge in [0.2, 0.25) is 0 Å². The second-order valence-electron chi connectivity index (χ2n) is 5.19. The van der Waals surface area contributed by atoms with Crippen LogP contribution in [0.2, 0.25) is 0 Å². The summed E-state index contributed by atoms with van der Waals surface area (Å²) < 4.78 is 11.0. The van der Waals surface area contributed by atoms with Gasteiger partial charge >= 0.3 is 11.9 Å². The number of allylic oxidation sites excluding steroid dienone is 1. The Morgan fingerprint density at radius 3 is 2.00 bits per heavy atom. The quantitative estimate of drug-likeness (QED) is 0.693. The third kappa shape index (κ3) is 4.73. The normalized spacial score (nSPS) is 26.1. The smallest absolute Gasteiger partial charge is 0.339 e. The number of hydrogen-bond donors (Lipinski definition) is 0. The summed E-state index contributed by atoms with van der Waals surface area (Å²) in [5.74, 6) is -0.203. The topological polar surface area (TPSA) is 52.6 Å². The third-order valence-corrected chi connectivity index (χ3v) is 3.46. The molecule has 1 atom stereocenters. The molecule has 0 aromatic heterocycles. The molecule has 0 aromatic carbocycles. The first kappa shape index (κ1) is 17.5. The molecule has 0 amide bonds. The van der Waals surface area contributed by atoms with Gasteiger partial charge in [-0.15, -0.1) is 0 Å². The van der Waals surface area contributed by atoms with E-state index in [1.54, 1.807) is 6.08 Å². The van der Waals surface area contributed by atoms with E-state index in [1.807, 2.05) is 27.7 Å². The van der Waals surface area contributed by atoms with Gasteiger partial charge in [0.05, 0.1) is 0 Å². The van der Waals surface area contributed by atoms with E-state index in [2.05, 4.69) is 0 Å². The van der Waals surface area contributed by atoms with Gasteiger partial charge in [0, 0.05) is 17.6 Å². The van der Waals surface area contributed by atoms with Gasteiger partial charge in [-0.3, -0.25) is 0 Å². The van der Waals surface area contributed by atoms with Gasteiger partial charge in [-0.05, 0) is 25.3 Å². The number of esters is 2. The zero-order valence-electron chi connectivity index (χ0n) is 13.5. The number of rotatable bonds is 6. The molecule has 0 bridgehead atoms. The lowest BCUT2D eigenvalue weighted by Crippen LogP contribution is -2.19. The molecule has 21 heavy (non-hydrogen) atoms. The third-order valence-electron chi connectivity index (χ3n) is 3.46. The van der Waals surface area contributed by atoms with Gasteiger partial charge in [0.1, 0.15) is 11.9 Å². The van der Waals surface area contributed by atoms with E-state index in [0.29, 0.717) is 42.6 Å². The molecule has 0 spiro atoms. The van der Waals surface area contributed by atoms with Crippen molar-refractivity contribution in [3.63, 3.8) is 0 Å². The number of hydrogen-bond acceptors (Lipinski definition) is 4. The summed E-state index contributed by atoms with van der Waals surface area (Å²) in [7, 11) is 0. The summed E-state index contributed by atoms with van der Waals surface area (Å²) >= 11 is 0. The van der Waals surface area contributed by atoms with Crippen molar-refractivity contribution in [3.05, 3.63) is 23.0 Å². The van der Waals surface area contributed by atoms with Crippen molar-refractivity contribution in [1.82, 2.24) is 0 Å². The molecule has 0 aliphatic carbocycles. The largest absolute Gasteiger partial charge is 0.455 e. The van der Waals surface area contributed by atoms with Crippen LogP contribution < -0.4 is 0 Å². The first-order valence-corrected chi connectivity index (χ1v) is 7.93. The molecular weight excluding hydrogens is 268 g/mol. The Balaban J connectivity index is 3.27. The van der Waals surface area contributed by atoms with E-state index in [1.165, 1.54) is 0 Å². The van der Waals surface area contributed by atoms with Crippen molar-refractivity contribution in [3.8, 4) is 0 Å². The van der Waals surface area contributed by atoms with E-state index in [0.717, 1.165) is 12.8 Å². The Morgan fingerprint density at radius 1 is 0.952 bits per heavy atom. The molecule has 1 heterocycles. The van der Waals surface area contributed by atoms with Crippen LogP contribution in [0.15, 0.2) is 23.0 Å². The molecular formula is C17H26O4. The summed E-state index contributed by atoms with van der Waals surface area (Å²) in [6.45, 7) is 7.82. The highest BCUT2D eigenvalue weighted by Crippen LogP contribution is 2.24. The van der Waals surface area contributed by atoms with E-state index < -0.39 is 5.97 Å². The highest BCUT2D eigenvalue weighted by Gasteiger charge is 2.26. The predicted octanol–water partition coefficient (Wildman–Crippen LogP) is 4.06. The Kier molecular flexibility index (Phi) is 7.20. The fourth-order valence-electron chi connectivity index (χ4n) is 2.31. The number of carbonyl (C=O) groups excluding carboxylic acids is 2. The molecule has 0 saturated carbocycles. The molecule has 1 rings (SSSR count). The van der Waals surface area contributed by atoms with E-state index in [4.69, 9.17) is 9.47 Å². The maximum Gasteiger partial charge on any atom is 0.339 e. The standard InChI is InChI=1S/C17H26O4/c1-5-9-14-15(10-6-2)17(19)21-13(8-4)11-12(7-3)20-16(14)18/h11-12H,5-10H2,1-4H3/b13-11-,15-14-. The van der Waals surface area contributed by atoms with Gasteiger partial charge in [0.15, 0.2) is 0 Å². The number of cyclic esters (lactones) is 2. The van der Waals surface area contributed by atoms with Gasteiger partial charge in [-0.25, -0.2) is 9.59 Å². The monoisotopic (exact) mass is 294 g/mol. The zero-order chi connectivity index (χ0) is 15.8. The molecule has 0 radical (unpaired) electrons. The average Bonchev–Trinajstić information content (AvgIpc) is 2.51. The lowest BCUT2D eigenvalue weighted by molar-refractivity contribution is -0.143. The maximum atomic E-state index is 12.4. The summed E-state index contributed by atoms with van der Waals surface area (Å²) in [6.07, 6.45) is 5.32. The highest BCUT2D eigenvalue weighted by atomic mass is 16.6. The first-order chi connectivity index (χ1) is 10.1. The predicted molar refractivity (Wildman–Crippen MR) is 81.5 cm³/mol. The molecule has 0 fully saturated rings. The van der Waals surface area contributed by atoms with Crippen LogP contribution in [0.25, 0.3) is 0 Å². The van der Waals surface area contributed by atoms with Crippen LogP contribution in [0.4, 0.5) is 0 Å². The second kappa shape index (κ2) is 8.65. The Bertz CT molecular complexity index is 446. The molecule has 4 nitrogen and oxygen atoms in total. The minimum atomic E-state index is -0.401. The average molecular weight is 294 g/mol. The van der Waals surface area contributed by atoms with Crippen LogP contribution in [0.5, 0.6) is 0 Å². The molecule has 1 aliphatic rings. The zero-order valence-corrected chi connectivity index (χ0v) is 13.5. The minimum absolute atomic E-state index is 0.340. The van der Waals surface area contributed by atoms with E-state index in [-0.39, 0.29) is 12.1 Å². The molecule has 0 N–H and O–H groups in total. The van der Waals surface area contributed by atoms with Crippen molar-refractivity contribution >= 4 is 11.9 Å². The summed E-state index contributed by atoms with van der Waals surface area (Å²) in [5, 5.41) is 0.